The molecule has 1 aliphatic heterocycles. The molecule has 0 aromatic carbocycles. The maximum Gasteiger partial charge on any atom is 0.332 e. The molecule has 27 heavy (non-hydrogen) atoms. The van der Waals surface area contributed by atoms with Gasteiger partial charge in [-0.15, -0.1) is 0 Å². The minimum absolute atomic E-state index is 0.00872. The van der Waals surface area contributed by atoms with Crippen LogP contribution in [-0.4, -0.2) is 50.4 Å². The van der Waals surface area contributed by atoms with Gasteiger partial charge in [-0.2, -0.15) is 10.2 Å². The summed E-state index contributed by atoms with van der Waals surface area (Å²) in [5.74, 6) is 1.65. The second kappa shape index (κ2) is 7.36. The van der Waals surface area contributed by atoms with Gasteiger partial charge in [0.2, 0.25) is 5.89 Å². The molecule has 0 radical (unpaired) electrons. The van der Waals surface area contributed by atoms with Crippen molar-refractivity contribution in [1.29, 1.82) is 5.26 Å². The Morgan fingerprint density at radius 2 is 1.85 bits per heavy atom. The van der Waals surface area contributed by atoms with Gasteiger partial charge in [0.15, 0.2) is 11.4 Å². The van der Waals surface area contributed by atoms with E-state index in [1.54, 1.807) is 7.05 Å². The monoisotopic (exact) mass is 373 g/mol. The van der Waals surface area contributed by atoms with Gasteiger partial charge in [-0.05, 0) is 6.92 Å². The number of hydrogen-bond donors (Lipinski definition) is 0. The van der Waals surface area contributed by atoms with Crippen LogP contribution in [0.4, 0.5) is 5.82 Å². The van der Waals surface area contributed by atoms with Crippen molar-refractivity contribution in [2.24, 2.45) is 14.1 Å². The molecular weight excluding hydrogens is 350 g/mol. The van der Waals surface area contributed by atoms with Crippen LogP contribution in [0.25, 0.3) is 0 Å². The largest absolute Gasteiger partial charge is 0.354 e. The molecule has 3 rings (SSSR count). The fourth-order valence-electron chi connectivity index (χ4n) is 3.36. The van der Waals surface area contributed by atoms with Gasteiger partial charge in [-0.1, -0.05) is 12.1 Å². The molecule has 0 saturated carbocycles. The third-order valence-corrected chi connectivity index (χ3v) is 5.06. The average Bonchev–Trinajstić information content (AvgIpc) is 3.18. The molecule has 10 heteroatoms. The van der Waals surface area contributed by atoms with Crippen molar-refractivity contribution in [3.63, 3.8) is 0 Å². The molecule has 3 heterocycles. The van der Waals surface area contributed by atoms with Gasteiger partial charge in [-0.25, -0.2) is 4.79 Å². The standard InChI is InChI=1S/C17H23N7O3/c1-5-13-19-14(27-20-13)11(2)23-6-8-24(9-7-23)15-12(10-18)16(25)22(4)17(26)21(15)3/h11H,5-9H2,1-4H3. The lowest BCUT2D eigenvalue weighted by atomic mass is 10.2. The first-order valence-electron chi connectivity index (χ1n) is 8.90. The summed E-state index contributed by atoms with van der Waals surface area (Å²) in [6.45, 7) is 6.50. The second-order valence-electron chi connectivity index (χ2n) is 6.62. The van der Waals surface area contributed by atoms with E-state index < -0.39 is 11.2 Å². The summed E-state index contributed by atoms with van der Waals surface area (Å²) in [5.41, 5.74) is -1.02. The number of aromatic nitrogens is 4. The molecule has 1 saturated heterocycles. The Hall–Kier alpha value is -2.93. The molecule has 0 spiro atoms. The number of hydrogen-bond acceptors (Lipinski definition) is 8. The fraction of sp³-hybridized carbons (Fsp3) is 0.588. The Kier molecular flexibility index (Phi) is 5.14. The highest BCUT2D eigenvalue weighted by molar-refractivity contribution is 5.53. The third-order valence-electron chi connectivity index (χ3n) is 5.06. The molecule has 1 fully saturated rings. The Labute approximate surface area is 156 Å². The van der Waals surface area contributed by atoms with Crippen molar-refractivity contribution in [2.45, 2.75) is 26.3 Å². The minimum Gasteiger partial charge on any atom is -0.354 e. The van der Waals surface area contributed by atoms with Crippen molar-refractivity contribution >= 4 is 5.82 Å². The van der Waals surface area contributed by atoms with Gasteiger partial charge in [0, 0.05) is 46.7 Å². The van der Waals surface area contributed by atoms with Crippen LogP contribution in [0, 0.1) is 11.3 Å². The van der Waals surface area contributed by atoms with Crippen LogP contribution >= 0.6 is 0 Å². The topological polar surface area (TPSA) is 113 Å². The van der Waals surface area contributed by atoms with E-state index in [4.69, 9.17) is 4.52 Å². The molecule has 0 N–H and O–H groups in total. The van der Waals surface area contributed by atoms with Gasteiger partial charge in [0.05, 0.1) is 6.04 Å². The van der Waals surface area contributed by atoms with Gasteiger partial charge in [0.25, 0.3) is 5.56 Å². The lowest BCUT2D eigenvalue weighted by Gasteiger charge is -2.38. The molecule has 2 aromatic rings. The van der Waals surface area contributed by atoms with E-state index in [9.17, 15) is 14.9 Å². The van der Waals surface area contributed by atoms with Crippen LogP contribution < -0.4 is 16.1 Å². The highest BCUT2D eigenvalue weighted by atomic mass is 16.5. The fourth-order valence-corrected chi connectivity index (χ4v) is 3.36. The molecule has 144 valence electrons. The zero-order valence-electron chi connectivity index (χ0n) is 16.0. The zero-order valence-corrected chi connectivity index (χ0v) is 16.0. The molecular formula is C17H23N7O3. The van der Waals surface area contributed by atoms with Crippen LogP contribution in [-0.2, 0) is 20.5 Å². The quantitative estimate of drug-likeness (QED) is 0.723. The van der Waals surface area contributed by atoms with Gasteiger partial charge < -0.3 is 9.42 Å². The Morgan fingerprint density at radius 1 is 1.19 bits per heavy atom. The highest BCUT2D eigenvalue weighted by Gasteiger charge is 2.28. The number of anilines is 1. The van der Waals surface area contributed by atoms with Gasteiger partial charge >= 0.3 is 5.69 Å². The van der Waals surface area contributed by atoms with E-state index >= 15 is 0 Å². The number of nitriles is 1. The summed E-state index contributed by atoms with van der Waals surface area (Å²) in [6.07, 6.45) is 0.720. The van der Waals surface area contributed by atoms with Crippen molar-refractivity contribution in [2.75, 3.05) is 31.1 Å². The number of aryl methyl sites for hydroxylation is 1. The zero-order chi connectivity index (χ0) is 19.7. The van der Waals surface area contributed by atoms with Crippen LogP contribution in [0.15, 0.2) is 14.1 Å². The maximum atomic E-state index is 12.3. The van der Waals surface area contributed by atoms with E-state index in [1.165, 1.54) is 11.6 Å². The number of piperazine rings is 1. The summed E-state index contributed by atoms with van der Waals surface area (Å²) in [5, 5.41) is 13.4. The summed E-state index contributed by atoms with van der Waals surface area (Å²) in [6, 6.07) is 1.93. The molecule has 2 aromatic heterocycles. The molecule has 10 nitrogen and oxygen atoms in total. The van der Waals surface area contributed by atoms with E-state index in [1.807, 2.05) is 24.8 Å². The first-order chi connectivity index (χ1) is 12.9. The van der Waals surface area contributed by atoms with Crippen LogP contribution in [0.1, 0.15) is 37.2 Å². The Morgan fingerprint density at radius 3 is 2.41 bits per heavy atom. The van der Waals surface area contributed by atoms with E-state index in [2.05, 4.69) is 15.0 Å². The summed E-state index contributed by atoms with van der Waals surface area (Å²) in [4.78, 5) is 33.1. The SMILES string of the molecule is CCc1noc(C(C)N2CCN(c3c(C#N)c(=O)n(C)c(=O)n3C)CC2)n1. The van der Waals surface area contributed by atoms with E-state index in [0.717, 1.165) is 11.0 Å². The Bertz CT molecular complexity index is 989. The van der Waals surface area contributed by atoms with Crippen LogP contribution in [0.2, 0.25) is 0 Å². The van der Waals surface area contributed by atoms with Crippen molar-refractivity contribution in [3.05, 3.63) is 38.1 Å². The molecule has 1 unspecified atom stereocenters. The summed E-state index contributed by atoms with van der Waals surface area (Å²) >= 11 is 0. The normalized spacial score (nSPS) is 16.3. The molecule has 0 amide bonds. The molecule has 0 aliphatic carbocycles. The smallest absolute Gasteiger partial charge is 0.332 e. The minimum atomic E-state index is -0.565. The molecule has 0 bridgehead atoms. The van der Waals surface area contributed by atoms with Crippen molar-refractivity contribution in [1.82, 2.24) is 24.2 Å². The van der Waals surface area contributed by atoms with E-state index in [-0.39, 0.29) is 11.6 Å². The first kappa shape index (κ1) is 18.8. The van der Waals surface area contributed by atoms with Gasteiger partial charge in [-0.3, -0.25) is 18.8 Å². The number of nitrogens with zero attached hydrogens (tertiary/aromatic N) is 7. The third kappa shape index (κ3) is 3.26. The number of rotatable bonds is 4. The van der Waals surface area contributed by atoms with Gasteiger partial charge in [0.1, 0.15) is 11.9 Å². The summed E-state index contributed by atoms with van der Waals surface area (Å²) < 4.78 is 7.66. The maximum absolute atomic E-state index is 12.3. The van der Waals surface area contributed by atoms with Crippen molar-refractivity contribution < 1.29 is 4.52 Å². The lowest BCUT2D eigenvalue weighted by Crippen LogP contribution is -2.50. The predicted octanol–water partition coefficient (Wildman–Crippen LogP) is -0.216. The molecule has 1 aliphatic rings. The van der Waals surface area contributed by atoms with E-state index in [0.29, 0.717) is 43.7 Å². The average molecular weight is 373 g/mol. The summed E-state index contributed by atoms with van der Waals surface area (Å²) in [7, 11) is 2.96. The highest BCUT2D eigenvalue weighted by Crippen LogP contribution is 2.23. The molecule has 1 atom stereocenters. The van der Waals surface area contributed by atoms with Crippen molar-refractivity contribution in [3.8, 4) is 6.07 Å². The Balaban J connectivity index is 1.81. The predicted molar refractivity (Wildman–Crippen MR) is 97.5 cm³/mol. The van der Waals surface area contributed by atoms with Crippen LogP contribution in [0.5, 0.6) is 0 Å². The second-order valence-corrected chi connectivity index (χ2v) is 6.62. The first-order valence-corrected chi connectivity index (χ1v) is 8.90. The van der Waals surface area contributed by atoms with Crippen LogP contribution in [0.3, 0.4) is 0 Å². The lowest BCUT2D eigenvalue weighted by molar-refractivity contribution is 0.163.